The zero-order valence-corrected chi connectivity index (χ0v) is 9.75. The second-order valence-corrected chi connectivity index (χ2v) is 5.44. The third-order valence-corrected chi connectivity index (χ3v) is 3.10. The number of hydrogen-bond acceptors (Lipinski definition) is 1. The van der Waals surface area contributed by atoms with Crippen LogP contribution in [0, 0.1) is 0 Å². The Kier molecular flexibility index (Phi) is 2.83. The van der Waals surface area contributed by atoms with Gasteiger partial charge in [0, 0.05) is 5.54 Å². The van der Waals surface area contributed by atoms with Gasteiger partial charge < -0.3 is 0 Å². The zero-order chi connectivity index (χ0) is 13.0. The van der Waals surface area contributed by atoms with Gasteiger partial charge in [-0.1, -0.05) is 0 Å². The van der Waals surface area contributed by atoms with Crippen LogP contribution in [-0.2, 0) is 0 Å². The molecule has 1 aliphatic heterocycles. The largest absolute Gasteiger partial charge is 0.299 e. The highest BCUT2D eigenvalue weighted by molar-refractivity contribution is 5.09. The van der Waals surface area contributed by atoms with Gasteiger partial charge in [0.2, 0.25) is 5.67 Å². The van der Waals surface area contributed by atoms with Crippen molar-refractivity contribution in [1.82, 2.24) is 4.90 Å². The molecule has 0 aliphatic carbocycles. The van der Waals surface area contributed by atoms with Crippen molar-refractivity contribution in [2.75, 3.05) is 13.1 Å². The number of alkyl halides is 5. The number of halogens is 5. The minimum Gasteiger partial charge on any atom is -0.286 e. The maximum absolute atomic E-state index is 13.5. The standard InChI is InChI=1S/C10H16F5N/c1-7(2,3)16-5-9(12,13)8(4,11)10(14,15)6-16/h5-6H2,1-4H3. The molecule has 0 bridgehead atoms. The van der Waals surface area contributed by atoms with E-state index in [1.54, 1.807) is 20.8 Å². The van der Waals surface area contributed by atoms with Crippen LogP contribution in [0.3, 0.4) is 0 Å². The predicted octanol–water partition coefficient (Wildman–Crippen LogP) is 3.10. The highest BCUT2D eigenvalue weighted by Gasteiger charge is 2.70. The van der Waals surface area contributed by atoms with Crippen LogP contribution in [0.5, 0.6) is 0 Å². The second-order valence-electron chi connectivity index (χ2n) is 5.44. The molecule has 0 unspecified atom stereocenters. The van der Waals surface area contributed by atoms with Crippen molar-refractivity contribution in [2.45, 2.75) is 50.7 Å². The van der Waals surface area contributed by atoms with Gasteiger partial charge in [0.15, 0.2) is 0 Å². The average molecular weight is 245 g/mol. The molecule has 0 aromatic heterocycles. The van der Waals surface area contributed by atoms with E-state index in [0.29, 0.717) is 0 Å². The van der Waals surface area contributed by atoms with Gasteiger partial charge in [0.05, 0.1) is 13.1 Å². The lowest BCUT2D eigenvalue weighted by molar-refractivity contribution is -0.286. The normalized spacial score (nSPS) is 29.1. The fraction of sp³-hybridized carbons (Fsp3) is 1.00. The van der Waals surface area contributed by atoms with E-state index in [0.717, 1.165) is 4.90 Å². The van der Waals surface area contributed by atoms with E-state index in [1.807, 2.05) is 0 Å². The van der Waals surface area contributed by atoms with E-state index in [2.05, 4.69) is 0 Å². The molecule has 0 atom stereocenters. The molecule has 0 aromatic rings. The fourth-order valence-electron chi connectivity index (χ4n) is 1.57. The predicted molar refractivity (Wildman–Crippen MR) is 50.7 cm³/mol. The summed E-state index contributed by atoms with van der Waals surface area (Å²) in [4.78, 5) is 0.911. The molecule has 1 fully saturated rings. The molecule has 0 saturated carbocycles. The molecule has 1 heterocycles. The van der Waals surface area contributed by atoms with E-state index in [4.69, 9.17) is 0 Å². The Morgan fingerprint density at radius 1 is 0.875 bits per heavy atom. The van der Waals surface area contributed by atoms with Gasteiger partial charge in [0.25, 0.3) is 11.8 Å². The van der Waals surface area contributed by atoms with E-state index in [-0.39, 0.29) is 6.92 Å². The second kappa shape index (κ2) is 3.31. The van der Waals surface area contributed by atoms with Gasteiger partial charge in [-0.2, -0.15) is 0 Å². The quantitative estimate of drug-likeness (QED) is 0.593. The summed E-state index contributed by atoms with van der Waals surface area (Å²) < 4.78 is 66.9. The smallest absolute Gasteiger partial charge is 0.286 e. The summed E-state index contributed by atoms with van der Waals surface area (Å²) in [5.74, 6) is -8.11. The first kappa shape index (κ1) is 13.7. The number of hydrogen-bond donors (Lipinski definition) is 0. The first-order valence-corrected chi connectivity index (χ1v) is 5.01. The Bertz CT molecular complexity index is 259. The van der Waals surface area contributed by atoms with Gasteiger partial charge in [-0.3, -0.25) is 4.90 Å². The van der Waals surface area contributed by atoms with Crippen molar-refractivity contribution >= 4 is 0 Å². The summed E-state index contributed by atoms with van der Waals surface area (Å²) in [6, 6.07) is 0. The first-order chi connectivity index (χ1) is 6.81. The van der Waals surface area contributed by atoms with Crippen molar-refractivity contribution in [2.24, 2.45) is 0 Å². The molecule has 96 valence electrons. The maximum Gasteiger partial charge on any atom is 0.299 e. The van der Waals surface area contributed by atoms with Crippen molar-refractivity contribution < 1.29 is 22.0 Å². The summed E-state index contributed by atoms with van der Waals surface area (Å²) in [7, 11) is 0. The van der Waals surface area contributed by atoms with E-state index in [1.165, 1.54) is 0 Å². The molecule has 1 aliphatic rings. The van der Waals surface area contributed by atoms with E-state index >= 15 is 0 Å². The maximum atomic E-state index is 13.5. The van der Waals surface area contributed by atoms with Crippen molar-refractivity contribution in [1.29, 1.82) is 0 Å². The lowest BCUT2D eigenvalue weighted by Gasteiger charge is -2.49. The average Bonchev–Trinajstić information content (AvgIpc) is 1.97. The van der Waals surface area contributed by atoms with Crippen LogP contribution in [0.25, 0.3) is 0 Å². The number of piperidine rings is 1. The summed E-state index contributed by atoms with van der Waals surface area (Å²) in [6.45, 7) is 2.92. The molecule has 16 heavy (non-hydrogen) atoms. The summed E-state index contributed by atoms with van der Waals surface area (Å²) in [6.07, 6.45) is 0. The van der Waals surface area contributed by atoms with Gasteiger partial charge in [-0.25, -0.2) is 22.0 Å². The van der Waals surface area contributed by atoms with Crippen LogP contribution in [0.15, 0.2) is 0 Å². The number of nitrogens with zero attached hydrogens (tertiary/aromatic N) is 1. The van der Waals surface area contributed by atoms with Crippen molar-refractivity contribution in [3.05, 3.63) is 0 Å². The fourth-order valence-corrected chi connectivity index (χ4v) is 1.57. The topological polar surface area (TPSA) is 3.24 Å². The van der Waals surface area contributed by atoms with Crippen molar-refractivity contribution in [3.8, 4) is 0 Å². The molecule has 6 heteroatoms. The Morgan fingerprint density at radius 2 is 1.19 bits per heavy atom. The minimum atomic E-state index is -4.05. The first-order valence-electron chi connectivity index (χ1n) is 5.01. The lowest BCUT2D eigenvalue weighted by atomic mass is 9.85. The summed E-state index contributed by atoms with van der Waals surface area (Å²) in [5, 5.41) is 0. The van der Waals surface area contributed by atoms with Gasteiger partial charge in [-0.15, -0.1) is 0 Å². The molecule has 0 spiro atoms. The van der Waals surface area contributed by atoms with Crippen LogP contribution in [0.4, 0.5) is 22.0 Å². The third-order valence-electron chi connectivity index (χ3n) is 3.10. The Balaban J connectivity index is 3.09. The molecule has 0 N–H and O–H groups in total. The molecule has 1 rings (SSSR count). The van der Waals surface area contributed by atoms with Crippen LogP contribution < -0.4 is 0 Å². The Morgan fingerprint density at radius 3 is 1.44 bits per heavy atom. The SMILES string of the molecule is CC(C)(C)N1CC(F)(F)C(C)(F)C(F)(F)C1. The van der Waals surface area contributed by atoms with Crippen LogP contribution in [0.2, 0.25) is 0 Å². The van der Waals surface area contributed by atoms with Gasteiger partial charge >= 0.3 is 0 Å². The summed E-state index contributed by atoms with van der Waals surface area (Å²) in [5.41, 5.74) is -4.63. The van der Waals surface area contributed by atoms with Gasteiger partial charge in [0.1, 0.15) is 0 Å². The minimum absolute atomic E-state index is 0.271. The number of likely N-dealkylation sites (tertiary alicyclic amines) is 1. The zero-order valence-electron chi connectivity index (χ0n) is 9.75. The van der Waals surface area contributed by atoms with Crippen LogP contribution >= 0.6 is 0 Å². The highest BCUT2D eigenvalue weighted by Crippen LogP contribution is 2.49. The monoisotopic (exact) mass is 245 g/mol. The highest BCUT2D eigenvalue weighted by atomic mass is 19.3. The summed E-state index contributed by atoms with van der Waals surface area (Å²) >= 11 is 0. The molecule has 1 nitrogen and oxygen atoms in total. The molecule has 0 aromatic carbocycles. The van der Waals surface area contributed by atoms with E-state index < -0.39 is 36.1 Å². The molecule has 1 saturated heterocycles. The number of rotatable bonds is 0. The molecular weight excluding hydrogens is 229 g/mol. The van der Waals surface area contributed by atoms with Crippen LogP contribution in [0.1, 0.15) is 27.7 Å². The van der Waals surface area contributed by atoms with Crippen molar-refractivity contribution in [3.63, 3.8) is 0 Å². The molecule has 0 amide bonds. The molecular formula is C10H16F5N. The molecule has 0 radical (unpaired) electrons. The Hall–Kier alpha value is -0.390. The Labute approximate surface area is 91.6 Å². The van der Waals surface area contributed by atoms with Crippen LogP contribution in [-0.4, -0.2) is 41.0 Å². The third kappa shape index (κ3) is 1.92. The lowest BCUT2D eigenvalue weighted by Crippen LogP contribution is -2.70. The van der Waals surface area contributed by atoms with E-state index in [9.17, 15) is 22.0 Å². The van der Waals surface area contributed by atoms with Gasteiger partial charge in [-0.05, 0) is 27.7 Å².